The van der Waals surface area contributed by atoms with Gasteiger partial charge in [0.2, 0.25) is 0 Å². The van der Waals surface area contributed by atoms with Gasteiger partial charge in [0.15, 0.2) is 0 Å². The highest BCUT2D eigenvalue weighted by Gasteiger charge is 2.38. The number of amides is 1. The van der Waals surface area contributed by atoms with Crippen molar-refractivity contribution in [3.05, 3.63) is 18.0 Å². The third kappa shape index (κ3) is 2.37. The third-order valence-electron chi connectivity index (χ3n) is 4.12. The number of carbonyl (C=O) groups excluding carboxylic acids is 1. The van der Waals surface area contributed by atoms with Crippen molar-refractivity contribution in [2.45, 2.75) is 25.5 Å². The summed E-state index contributed by atoms with van der Waals surface area (Å²) >= 11 is 0. The van der Waals surface area contributed by atoms with Crippen molar-refractivity contribution in [1.82, 2.24) is 20.0 Å². The fourth-order valence-corrected chi connectivity index (χ4v) is 3.06. The van der Waals surface area contributed by atoms with E-state index < -0.39 is 0 Å². The number of hydrogen-bond acceptors (Lipinski definition) is 4. The lowest BCUT2D eigenvalue weighted by Gasteiger charge is -2.46. The number of likely N-dealkylation sites (N-methyl/N-ethyl adjacent to an activating group) is 1. The largest absolute Gasteiger partial charge is 0.375 e. The zero-order chi connectivity index (χ0) is 13.2. The number of H-pyrrole nitrogens is 1. The molecule has 1 aromatic heterocycles. The Labute approximate surface area is 112 Å². The fraction of sp³-hybridized carbons (Fsp3) is 0.692. The van der Waals surface area contributed by atoms with Crippen LogP contribution in [0.25, 0.3) is 0 Å². The Balaban J connectivity index is 1.71. The van der Waals surface area contributed by atoms with E-state index in [9.17, 15) is 4.79 Å². The molecule has 19 heavy (non-hydrogen) atoms. The summed E-state index contributed by atoms with van der Waals surface area (Å²) in [6.07, 6.45) is 2.81. The van der Waals surface area contributed by atoms with Crippen molar-refractivity contribution >= 4 is 5.91 Å². The molecule has 0 spiro atoms. The highest BCUT2D eigenvalue weighted by atomic mass is 16.5. The number of aromatic nitrogens is 2. The van der Waals surface area contributed by atoms with Gasteiger partial charge in [-0.3, -0.25) is 14.8 Å². The predicted octanol–water partition coefficient (Wildman–Crippen LogP) is 0.345. The van der Waals surface area contributed by atoms with Gasteiger partial charge in [0, 0.05) is 25.8 Å². The second-order valence-corrected chi connectivity index (χ2v) is 5.12. The van der Waals surface area contributed by atoms with Gasteiger partial charge in [-0.2, -0.15) is 5.10 Å². The number of nitrogens with one attached hydrogen (secondary N) is 1. The van der Waals surface area contributed by atoms with E-state index in [0.29, 0.717) is 11.7 Å². The minimum atomic E-state index is 0.0394. The molecule has 2 saturated heterocycles. The predicted molar refractivity (Wildman–Crippen MR) is 69.9 cm³/mol. The Morgan fingerprint density at radius 3 is 3.21 bits per heavy atom. The average molecular weight is 264 g/mol. The quantitative estimate of drug-likeness (QED) is 0.837. The molecule has 3 rings (SSSR count). The number of carbonyl (C=O) groups is 1. The lowest BCUT2D eigenvalue weighted by atomic mass is 9.98. The standard InChI is InChI=1S/C13H20N4O2/c1-2-16-7-8-19-12-4-6-17(9-11(12)16)13(18)10-3-5-14-15-10/h3,5,11-12H,2,4,6-9H2,1H3,(H,14,15)/t11-,12-/m0/s1. The van der Waals surface area contributed by atoms with E-state index in [4.69, 9.17) is 4.74 Å². The molecule has 1 amide bonds. The molecule has 2 atom stereocenters. The van der Waals surface area contributed by atoms with E-state index in [-0.39, 0.29) is 12.0 Å². The maximum Gasteiger partial charge on any atom is 0.271 e. The molecule has 104 valence electrons. The smallest absolute Gasteiger partial charge is 0.271 e. The summed E-state index contributed by atoms with van der Waals surface area (Å²) in [6, 6.07) is 2.06. The molecule has 0 radical (unpaired) electrons. The normalized spacial score (nSPS) is 28.2. The minimum Gasteiger partial charge on any atom is -0.375 e. The van der Waals surface area contributed by atoms with Gasteiger partial charge in [-0.05, 0) is 19.0 Å². The van der Waals surface area contributed by atoms with Crippen LogP contribution in [0.5, 0.6) is 0 Å². The van der Waals surface area contributed by atoms with Crippen LogP contribution in [0, 0.1) is 0 Å². The SMILES string of the molecule is CCN1CCO[C@H]2CCN(C(=O)c3ccn[nH]3)C[C@@H]21. The molecule has 6 heteroatoms. The topological polar surface area (TPSA) is 61.5 Å². The number of piperidine rings is 1. The van der Waals surface area contributed by atoms with Crippen LogP contribution < -0.4 is 0 Å². The summed E-state index contributed by atoms with van der Waals surface area (Å²) in [5.41, 5.74) is 0.568. The molecular formula is C13H20N4O2. The van der Waals surface area contributed by atoms with Crippen LogP contribution in [0.3, 0.4) is 0 Å². The fourth-order valence-electron chi connectivity index (χ4n) is 3.06. The highest BCUT2D eigenvalue weighted by Crippen LogP contribution is 2.23. The van der Waals surface area contributed by atoms with Crippen molar-refractivity contribution in [3.63, 3.8) is 0 Å². The zero-order valence-corrected chi connectivity index (χ0v) is 11.2. The molecule has 0 aliphatic carbocycles. The first kappa shape index (κ1) is 12.6. The van der Waals surface area contributed by atoms with Crippen LogP contribution >= 0.6 is 0 Å². The molecule has 2 aliphatic heterocycles. The first-order valence-corrected chi connectivity index (χ1v) is 6.94. The van der Waals surface area contributed by atoms with Crippen molar-refractivity contribution in [2.75, 3.05) is 32.8 Å². The van der Waals surface area contributed by atoms with E-state index in [1.165, 1.54) is 0 Å². The van der Waals surface area contributed by atoms with Crippen LogP contribution in [-0.4, -0.2) is 70.8 Å². The summed E-state index contributed by atoms with van der Waals surface area (Å²) in [5.74, 6) is 0.0394. The summed E-state index contributed by atoms with van der Waals surface area (Å²) in [6.45, 7) is 6.45. The highest BCUT2D eigenvalue weighted by molar-refractivity contribution is 5.92. The molecule has 2 fully saturated rings. The molecule has 0 aromatic carbocycles. The van der Waals surface area contributed by atoms with Crippen molar-refractivity contribution < 1.29 is 9.53 Å². The number of morpholine rings is 1. The van der Waals surface area contributed by atoms with Crippen molar-refractivity contribution in [1.29, 1.82) is 0 Å². The monoisotopic (exact) mass is 264 g/mol. The first-order chi connectivity index (χ1) is 9.29. The maximum absolute atomic E-state index is 12.3. The van der Waals surface area contributed by atoms with Gasteiger partial charge in [0.25, 0.3) is 5.91 Å². The van der Waals surface area contributed by atoms with Crippen LogP contribution in [-0.2, 0) is 4.74 Å². The molecule has 6 nitrogen and oxygen atoms in total. The lowest BCUT2D eigenvalue weighted by Crippen LogP contribution is -2.60. The molecule has 0 saturated carbocycles. The van der Waals surface area contributed by atoms with Crippen LogP contribution in [0.1, 0.15) is 23.8 Å². The van der Waals surface area contributed by atoms with Gasteiger partial charge in [-0.15, -0.1) is 0 Å². The number of aromatic amines is 1. The number of hydrogen-bond donors (Lipinski definition) is 1. The van der Waals surface area contributed by atoms with Gasteiger partial charge >= 0.3 is 0 Å². The van der Waals surface area contributed by atoms with Crippen molar-refractivity contribution in [2.24, 2.45) is 0 Å². The first-order valence-electron chi connectivity index (χ1n) is 6.94. The number of likely N-dealkylation sites (tertiary alicyclic amines) is 1. The molecule has 1 N–H and O–H groups in total. The van der Waals surface area contributed by atoms with Crippen LogP contribution in [0.4, 0.5) is 0 Å². The molecule has 1 aromatic rings. The summed E-state index contributed by atoms with van der Waals surface area (Å²) < 4.78 is 5.83. The van der Waals surface area contributed by atoms with E-state index in [0.717, 1.165) is 39.2 Å². The van der Waals surface area contributed by atoms with Crippen LogP contribution in [0.15, 0.2) is 12.3 Å². The number of fused-ring (bicyclic) bond motifs is 1. The Morgan fingerprint density at radius 1 is 1.58 bits per heavy atom. The Bertz CT molecular complexity index is 428. The summed E-state index contributed by atoms with van der Waals surface area (Å²) in [4.78, 5) is 16.7. The third-order valence-corrected chi connectivity index (χ3v) is 4.12. The molecule has 2 aliphatic rings. The van der Waals surface area contributed by atoms with Gasteiger partial charge in [0.1, 0.15) is 5.69 Å². The average Bonchev–Trinajstić information content (AvgIpc) is 2.99. The molecular weight excluding hydrogens is 244 g/mol. The zero-order valence-electron chi connectivity index (χ0n) is 11.2. The van der Waals surface area contributed by atoms with E-state index in [1.807, 2.05) is 4.90 Å². The van der Waals surface area contributed by atoms with Crippen molar-refractivity contribution in [3.8, 4) is 0 Å². The van der Waals surface area contributed by atoms with E-state index in [2.05, 4.69) is 22.0 Å². The number of nitrogens with zero attached hydrogens (tertiary/aromatic N) is 3. The summed E-state index contributed by atoms with van der Waals surface area (Å²) in [5, 5.41) is 6.59. The Hall–Kier alpha value is -1.40. The van der Waals surface area contributed by atoms with E-state index >= 15 is 0 Å². The Kier molecular flexibility index (Phi) is 3.52. The van der Waals surface area contributed by atoms with Gasteiger partial charge in [0.05, 0.1) is 18.8 Å². The minimum absolute atomic E-state index is 0.0394. The van der Waals surface area contributed by atoms with Gasteiger partial charge in [-0.25, -0.2) is 0 Å². The second-order valence-electron chi connectivity index (χ2n) is 5.12. The number of ether oxygens (including phenoxy) is 1. The summed E-state index contributed by atoms with van der Waals surface area (Å²) in [7, 11) is 0. The number of rotatable bonds is 2. The molecule has 3 heterocycles. The second kappa shape index (κ2) is 5.30. The van der Waals surface area contributed by atoms with Gasteiger partial charge in [-0.1, -0.05) is 6.92 Å². The molecule has 0 bridgehead atoms. The maximum atomic E-state index is 12.3. The van der Waals surface area contributed by atoms with Crippen LogP contribution in [0.2, 0.25) is 0 Å². The van der Waals surface area contributed by atoms with Gasteiger partial charge < -0.3 is 9.64 Å². The lowest BCUT2D eigenvalue weighted by molar-refractivity contribution is -0.0962. The van der Waals surface area contributed by atoms with E-state index in [1.54, 1.807) is 12.3 Å². The molecule has 0 unspecified atom stereocenters. The Morgan fingerprint density at radius 2 is 2.47 bits per heavy atom.